The summed E-state index contributed by atoms with van der Waals surface area (Å²) in [5.41, 5.74) is 5.35. The van der Waals surface area contributed by atoms with Crippen molar-refractivity contribution in [2.24, 2.45) is 0 Å². The second-order valence-corrected chi connectivity index (χ2v) is 5.02. The van der Waals surface area contributed by atoms with Crippen molar-refractivity contribution in [3.05, 3.63) is 32.3 Å². The smallest absolute Gasteiger partial charge is 0.272 e. The van der Waals surface area contributed by atoms with Crippen LogP contribution < -0.4 is 5.73 Å². The summed E-state index contributed by atoms with van der Waals surface area (Å²) in [6.07, 6.45) is 9.00. The summed E-state index contributed by atoms with van der Waals surface area (Å²) in [6.45, 7) is 0. The van der Waals surface area contributed by atoms with Crippen LogP contribution in [0.5, 0.6) is 0 Å². The minimum Gasteiger partial charge on any atom is -0.396 e. The van der Waals surface area contributed by atoms with E-state index in [0.717, 1.165) is 12.1 Å². The predicted molar refractivity (Wildman–Crippen MR) is 75.2 cm³/mol. The molecule has 0 aliphatic heterocycles. The van der Waals surface area contributed by atoms with Crippen LogP contribution in [0.1, 0.15) is 38.5 Å². The van der Waals surface area contributed by atoms with E-state index in [1.165, 1.54) is 38.5 Å². The number of non-ortho nitro benzene ring substituents is 1. The van der Waals surface area contributed by atoms with Crippen LogP contribution in [0.25, 0.3) is 0 Å². The Kier molecular flexibility index (Phi) is 6.22. The molecule has 0 saturated heterocycles. The van der Waals surface area contributed by atoms with Gasteiger partial charge < -0.3 is 5.73 Å². The zero-order valence-corrected chi connectivity index (χ0v) is 11.5. The average molecular weight is 291 g/mol. The van der Waals surface area contributed by atoms with Crippen LogP contribution in [0.15, 0.2) is 12.1 Å². The highest BCUT2D eigenvalue weighted by atomic mass is 35.5. The van der Waals surface area contributed by atoms with Gasteiger partial charge in [-0.2, -0.15) is 0 Å². The zero-order valence-electron chi connectivity index (χ0n) is 9.99. The highest BCUT2D eigenvalue weighted by Gasteiger charge is 2.11. The number of rotatable bonds is 1. The standard InChI is InChI=1S/C6H4Cl2N2O2.C6H12/c7-4-1-3(10(11)12)2-5(8)6(4)9;1-2-4-6-5-3-1/h1-2H,9H2;1-6H2. The maximum Gasteiger partial charge on any atom is 0.272 e. The van der Waals surface area contributed by atoms with E-state index in [2.05, 4.69) is 0 Å². The molecule has 1 aromatic rings. The lowest BCUT2D eigenvalue weighted by atomic mass is 10.0. The first-order valence-corrected chi connectivity index (χ1v) is 6.67. The van der Waals surface area contributed by atoms with Crippen molar-refractivity contribution in [2.45, 2.75) is 38.5 Å². The molecule has 100 valence electrons. The Labute approximate surface area is 116 Å². The topological polar surface area (TPSA) is 69.2 Å². The first-order chi connectivity index (χ1) is 8.52. The summed E-state index contributed by atoms with van der Waals surface area (Å²) in [7, 11) is 0. The van der Waals surface area contributed by atoms with Gasteiger partial charge in [0.25, 0.3) is 5.69 Å². The van der Waals surface area contributed by atoms with Gasteiger partial charge in [0, 0.05) is 12.1 Å². The van der Waals surface area contributed by atoms with Gasteiger partial charge in [-0.3, -0.25) is 10.1 Å². The zero-order chi connectivity index (χ0) is 13.5. The van der Waals surface area contributed by atoms with Gasteiger partial charge in [-0.05, 0) is 0 Å². The number of anilines is 1. The largest absolute Gasteiger partial charge is 0.396 e. The molecule has 1 aliphatic rings. The maximum absolute atomic E-state index is 10.3. The lowest BCUT2D eigenvalue weighted by Crippen LogP contribution is -1.92. The van der Waals surface area contributed by atoms with Crippen LogP contribution in [-0.2, 0) is 0 Å². The number of hydrogen-bond donors (Lipinski definition) is 1. The summed E-state index contributed by atoms with van der Waals surface area (Å²) in [4.78, 5) is 9.68. The van der Waals surface area contributed by atoms with E-state index in [9.17, 15) is 10.1 Å². The summed E-state index contributed by atoms with van der Waals surface area (Å²) in [5, 5.41) is 10.4. The maximum atomic E-state index is 10.3. The lowest BCUT2D eigenvalue weighted by Gasteiger charge is -2.05. The van der Waals surface area contributed by atoms with Crippen molar-refractivity contribution in [1.29, 1.82) is 0 Å². The van der Waals surface area contributed by atoms with Crippen molar-refractivity contribution in [3.63, 3.8) is 0 Å². The van der Waals surface area contributed by atoms with Gasteiger partial charge in [0.2, 0.25) is 0 Å². The number of nitrogens with two attached hydrogens (primary N) is 1. The Morgan fingerprint density at radius 1 is 1.00 bits per heavy atom. The second kappa shape index (κ2) is 7.44. The number of nitro groups is 1. The first-order valence-electron chi connectivity index (χ1n) is 5.91. The normalized spacial score (nSPS) is 14.6. The average Bonchev–Trinajstić information content (AvgIpc) is 2.38. The minimum atomic E-state index is -0.586. The van der Waals surface area contributed by atoms with Crippen molar-refractivity contribution in [2.75, 3.05) is 5.73 Å². The van der Waals surface area contributed by atoms with Crippen LogP contribution in [0.3, 0.4) is 0 Å². The molecule has 2 rings (SSSR count). The fraction of sp³-hybridized carbons (Fsp3) is 0.500. The highest BCUT2D eigenvalue weighted by Crippen LogP contribution is 2.31. The van der Waals surface area contributed by atoms with E-state index in [1.54, 1.807) is 0 Å². The van der Waals surface area contributed by atoms with E-state index in [-0.39, 0.29) is 21.4 Å². The quantitative estimate of drug-likeness (QED) is 0.458. The Balaban J connectivity index is 0.000000225. The molecule has 0 unspecified atom stereocenters. The monoisotopic (exact) mass is 290 g/mol. The molecule has 1 aromatic carbocycles. The molecule has 0 aromatic heterocycles. The van der Waals surface area contributed by atoms with Gasteiger partial charge in [0.1, 0.15) is 0 Å². The Bertz CT molecular complexity index is 386. The van der Waals surface area contributed by atoms with E-state index in [0.29, 0.717) is 0 Å². The molecule has 0 heterocycles. The molecule has 0 spiro atoms. The Morgan fingerprint density at radius 3 is 1.61 bits per heavy atom. The molecule has 0 radical (unpaired) electrons. The number of nitrogen functional groups attached to an aromatic ring is 1. The molecular formula is C12H16Cl2N2O2. The first kappa shape index (κ1) is 15.1. The van der Waals surface area contributed by atoms with E-state index in [1.807, 2.05) is 0 Å². The van der Waals surface area contributed by atoms with Crippen molar-refractivity contribution >= 4 is 34.6 Å². The molecule has 4 nitrogen and oxygen atoms in total. The summed E-state index contributed by atoms with van der Waals surface area (Å²) in [6, 6.07) is 2.31. The lowest BCUT2D eigenvalue weighted by molar-refractivity contribution is -0.384. The SMILES string of the molecule is C1CCCCC1.Nc1c(Cl)cc([N+](=O)[O-])cc1Cl. The number of benzene rings is 1. The molecule has 1 aliphatic carbocycles. The predicted octanol–water partition coefficient (Wildman–Crippen LogP) is 4.82. The molecule has 0 atom stereocenters. The van der Waals surface area contributed by atoms with Gasteiger partial charge in [-0.1, -0.05) is 61.7 Å². The summed E-state index contributed by atoms with van der Waals surface area (Å²) < 4.78 is 0. The Hall–Kier alpha value is -1.00. The molecule has 18 heavy (non-hydrogen) atoms. The van der Waals surface area contributed by atoms with Crippen LogP contribution in [0.4, 0.5) is 11.4 Å². The third kappa shape index (κ3) is 4.70. The van der Waals surface area contributed by atoms with Crippen LogP contribution in [0.2, 0.25) is 10.0 Å². The summed E-state index contributed by atoms with van der Waals surface area (Å²) >= 11 is 11.1. The molecule has 2 N–H and O–H groups in total. The minimum absolute atomic E-state index is 0.0919. The van der Waals surface area contributed by atoms with Crippen LogP contribution >= 0.6 is 23.2 Å². The van der Waals surface area contributed by atoms with Gasteiger partial charge in [-0.15, -0.1) is 0 Å². The van der Waals surface area contributed by atoms with Crippen LogP contribution in [-0.4, -0.2) is 4.92 Å². The van der Waals surface area contributed by atoms with Crippen LogP contribution in [0, 0.1) is 10.1 Å². The van der Waals surface area contributed by atoms with Gasteiger partial charge in [-0.25, -0.2) is 0 Å². The molecular weight excluding hydrogens is 275 g/mol. The molecule has 1 saturated carbocycles. The van der Waals surface area contributed by atoms with Crippen molar-refractivity contribution < 1.29 is 4.92 Å². The van der Waals surface area contributed by atoms with E-state index >= 15 is 0 Å². The molecule has 6 heteroatoms. The van der Waals surface area contributed by atoms with Gasteiger partial charge in [0.15, 0.2) is 0 Å². The summed E-state index contributed by atoms with van der Waals surface area (Å²) in [5.74, 6) is 0. The van der Waals surface area contributed by atoms with Crippen molar-refractivity contribution in [3.8, 4) is 0 Å². The van der Waals surface area contributed by atoms with Gasteiger partial charge >= 0.3 is 0 Å². The fourth-order valence-corrected chi connectivity index (χ4v) is 2.21. The third-order valence-electron chi connectivity index (χ3n) is 2.77. The second-order valence-electron chi connectivity index (χ2n) is 4.20. The number of nitro benzene ring substituents is 1. The van der Waals surface area contributed by atoms with E-state index in [4.69, 9.17) is 28.9 Å². The molecule has 1 fully saturated rings. The highest BCUT2D eigenvalue weighted by molar-refractivity contribution is 6.39. The number of nitrogens with zero attached hydrogens (tertiary/aromatic N) is 1. The number of halogens is 2. The molecule has 0 amide bonds. The molecule has 0 bridgehead atoms. The third-order valence-corrected chi connectivity index (χ3v) is 3.40. The fourth-order valence-electron chi connectivity index (χ4n) is 1.74. The van der Waals surface area contributed by atoms with Crippen molar-refractivity contribution in [1.82, 2.24) is 0 Å². The van der Waals surface area contributed by atoms with E-state index < -0.39 is 4.92 Å². The Morgan fingerprint density at radius 2 is 1.33 bits per heavy atom. The number of hydrogen-bond acceptors (Lipinski definition) is 3. The van der Waals surface area contributed by atoms with Gasteiger partial charge in [0.05, 0.1) is 20.7 Å².